The summed E-state index contributed by atoms with van der Waals surface area (Å²) in [7, 11) is 0. The van der Waals surface area contributed by atoms with Crippen LogP contribution in [0, 0.1) is 13.7 Å². The van der Waals surface area contributed by atoms with E-state index in [0.29, 0.717) is 22.3 Å². The summed E-state index contributed by atoms with van der Waals surface area (Å²) in [5.74, 6) is 1.25. The molecule has 0 radical (unpaired) electrons. The minimum absolute atomic E-state index is 0.0440. The highest BCUT2D eigenvalue weighted by Gasteiger charge is 2.15. The van der Waals surface area contributed by atoms with Gasteiger partial charge in [-0.25, -0.2) is 0 Å². The maximum absolute atomic E-state index is 11.1. The fourth-order valence-electron chi connectivity index (χ4n) is 2.04. The lowest BCUT2D eigenvalue weighted by atomic mass is 10.1. The second-order valence-electron chi connectivity index (χ2n) is 4.29. The number of non-ortho nitro benzene ring substituents is 1. The summed E-state index contributed by atoms with van der Waals surface area (Å²) < 4.78 is 6.85. The van der Waals surface area contributed by atoms with E-state index in [-0.39, 0.29) is 5.69 Å². The number of ether oxygens (including phenoxy) is 1. The van der Waals surface area contributed by atoms with Crippen molar-refractivity contribution >= 4 is 39.1 Å². The average molecular weight is 392 g/mol. The second-order valence-corrected chi connectivity index (χ2v) is 5.46. The van der Waals surface area contributed by atoms with Crippen molar-refractivity contribution in [2.75, 3.05) is 0 Å². The van der Waals surface area contributed by atoms with Gasteiger partial charge in [0.2, 0.25) is 0 Å². The van der Waals surface area contributed by atoms with Crippen molar-refractivity contribution in [1.82, 2.24) is 4.98 Å². The highest BCUT2D eigenvalue weighted by Crippen LogP contribution is 2.35. The molecule has 104 valence electrons. The summed E-state index contributed by atoms with van der Waals surface area (Å²) in [5.41, 5.74) is 0.0440. The minimum atomic E-state index is -0.404. The van der Waals surface area contributed by atoms with Crippen LogP contribution in [0.15, 0.2) is 54.9 Å². The standard InChI is InChI=1S/C15H9IN2O3/c16-12-3-1-2-4-15(12)21-14-6-5-13(18(19)20)10-7-8-17-9-11(10)14/h1-9H. The van der Waals surface area contributed by atoms with E-state index in [1.165, 1.54) is 12.3 Å². The Morgan fingerprint density at radius 1 is 1.05 bits per heavy atom. The van der Waals surface area contributed by atoms with E-state index < -0.39 is 4.92 Å². The van der Waals surface area contributed by atoms with E-state index in [2.05, 4.69) is 27.6 Å². The number of nitro groups is 1. The number of aromatic nitrogens is 1. The third-order valence-corrected chi connectivity index (χ3v) is 3.90. The zero-order valence-corrected chi connectivity index (χ0v) is 12.9. The van der Waals surface area contributed by atoms with Crippen LogP contribution in [0.2, 0.25) is 0 Å². The van der Waals surface area contributed by atoms with Crippen molar-refractivity contribution < 1.29 is 9.66 Å². The topological polar surface area (TPSA) is 65.3 Å². The van der Waals surface area contributed by atoms with Crippen LogP contribution in [0.1, 0.15) is 0 Å². The molecule has 2 aromatic carbocycles. The fourth-order valence-corrected chi connectivity index (χ4v) is 2.54. The maximum atomic E-state index is 11.1. The Labute approximate surface area is 133 Å². The quantitative estimate of drug-likeness (QED) is 0.373. The summed E-state index contributed by atoms with van der Waals surface area (Å²) in [6.45, 7) is 0. The number of nitrogens with zero attached hydrogens (tertiary/aromatic N) is 2. The molecule has 0 N–H and O–H groups in total. The van der Waals surface area contributed by atoms with Crippen LogP contribution in [0.3, 0.4) is 0 Å². The van der Waals surface area contributed by atoms with E-state index in [1.54, 1.807) is 18.3 Å². The number of rotatable bonds is 3. The third kappa shape index (κ3) is 2.66. The predicted octanol–water partition coefficient (Wildman–Crippen LogP) is 4.54. The first-order valence-corrected chi connectivity index (χ1v) is 7.18. The Hall–Kier alpha value is -2.22. The van der Waals surface area contributed by atoms with Crippen LogP contribution >= 0.6 is 22.6 Å². The number of fused-ring (bicyclic) bond motifs is 1. The SMILES string of the molecule is O=[N+]([O-])c1ccc(Oc2ccccc2I)c2cnccc12. The number of nitro benzene ring substituents is 1. The monoisotopic (exact) mass is 392 g/mol. The lowest BCUT2D eigenvalue weighted by Crippen LogP contribution is -1.93. The van der Waals surface area contributed by atoms with Gasteiger partial charge in [0, 0.05) is 23.8 Å². The normalized spacial score (nSPS) is 10.5. The van der Waals surface area contributed by atoms with E-state index >= 15 is 0 Å². The van der Waals surface area contributed by atoms with Crippen molar-refractivity contribution in [1.29, 1.82) is 0 Å². The Morgan fingerprint density at radius 2 is 1.86 bits per heavy atom. The van der Waals surface area contributed by atoms with Crippen molar-refractivity contribution in [2.24, 2.45) is 0 Å². The lowest BCUT2D eigenvalue weighted by molar-refractivity contribution is -0.383. The number of para-hydroxylation sites is 1. The molecule has 0 saturated carbocycles. The molecule has 0 aliphatic rings. The molecule has 1 aromatic heterocycles. The molecule has 0 spiro atoms. The predicted molar refractivity (Wildman–Crippen MR) is 87.6 cm³/mol. The van der Waals surface area contributed by atoms with Crippen molar-refractivity contribution in [3.8, 4) is 11.5 Å². The van der Waals surface area contributed by atoms with Crippen molar-refractivity contribution in [3.05, 3.63) is 68.5 Å². The molecule has 0 bridgehead atoms. The summed E-state index contributed by atoms with van der Waals surface area (Å²) in [5, 5.41) is 12.2. The molecule has 3 rings (SSSR count). The highest BCUT2D eigenvalue weighted by molar-refractivity contribution is 14.1. The zero-order valence-electron chi connectivity index (χ0n) is 10.7. The second kappa shape index (κ2) is 5.65. The molecule has 5 nitrogen and oxygen atoms in total. The maximum Gasteiger partial charge on any atom is 0.277 e. The number of benzene rings is 2. The van der Waals surface area contributed by atoms with E-state index in [0.717, 1.165) is 3.57 Å². The summed E-state index contributed by atoms with van der Waals surface area (Å²) >= 11 is 2.18. The van der Waals surface area contributed by atoms with Crippen LogP contribution in [-0.2, 0) is 0 Å². The van der Waals surface area contributed by atoms with Crippen LogP contribution in [-0.4, -0.2) is 9.91 Å². The summed E-state index contributed by atoms with van der Waals surface area (Å²) in [6.07, 6.45) is 3.11. The van der Waals surface area contributed by atoms with Gasteiger partial charge >= 0.3 is 0 Å². The van der Waals surface area contributed by atoms with Gasteiger partial charge in [0.25, 0.3) is 5.69 Å². The molecule has 0 aliphatic carbocycles. The van der Waals surface area contributed by atoms with Gasteiger partial charge < -0.3 is 4.74 Å². The van der Waals surface area contributed by atoms with E-state index in [4.69, 9.17) is 4.74 Å². The Morgan fingerprint density at radius 3 is 2.62 bits per heavy atom. The van der Waals surface area contributed by atoms with Crippen molar-refractivity contribution in [3.63, 3.8) is 0 Å². The molecule has 0 saturated heterocycles. The average Bonchev–Trinajstić information content (AvgIpc) is 2.49. The van der Waals surface area contributed by atoms with Crippen LogP contribution in [0.5, 0.6) is 11.5 Å². The molecule has 0 atom stereocenters. The van der Waals surface area contributed by atoms with Crippen LogP contribution < -0.4 is 4.74 Å². The fraction of sp³-hybridized carbons (Fsp3) is 0. The van der Waals surface area contributed by atoms with Crippen LogP contribution in [0.4, 0.5) is 5.69 Å². The zero-order chi connectivity index (χ0) is 14.8. The van der Waals surface area contributed by atoms with E-state index in [9.17, 15) is 10.1 Å². The molecule has 0 aliphatic heterocycles. The summed E-state index contributed by atoms with van der Waals surface area (Å²) in [4.78, 5) is 14.7. The Balaban J connectivity index is 2.14. The van der Waals surface area contributed by atoms with Gasteiger partial charge in [0.05, 0.1) is 13.9 Å². The molecule has 21 heavy (non-hydrogen) atoms. The smallest absolute Gasteiger partial charge is 0.277 e. The van der Waals surface area contributed by atoms with Gasteiger partial charge in [-0.2, -0.15) is 0 Å². The molecular formula is C15H9IN2O3. The largest absolute Gasteiger partial charge is 0.456 e. The van der Waals surface area contributed by atoms with Crippen LogP contribution in [0.25, 0.3) is 10.8 Å². The Kier molecular flexibility index (Phi) is 3.70. The summed E-state index contributed by atoms with van der Waals surface area (Å²) in [6, 6.07) is 12.3. The first kappa shape index (κ1) is 13.7. The number of halogens is 1. The van der Waals surface area contributed by atoms with Gasteiger partial charge in [-0.1, -0.05) is 12.1 Å². The molecule has 1 heterocycles. The lowest BCUT2D eigenvalue weighted by Gasteiger charge is -2.10. The van der Waals surface area contributed by atoms with Crippen molar-refractivity contribution in [2.45, 2.75) is 0 Å². The molecule has 0 fully saturated rings. The van der Waals surface area contributed by atoms with E-state index in [1.807, 2.05) is 24.3 Å². The van der Waals surface area contributed by atoms with Gasteiger partial charge in [-0.3, -0.25) is 15.1 Å². The van der Waals surface area contributed by atoms with Gasteiger partial charge in [0.1, 0.15) is 11.5 Å². The first-order valence-electron chi connectivity index (χ1n) is 6.10. The Bertz CT molecular complexity index is 836. The molecule has 3 aromatic rings. The number of hydrogen-bond donors (Lipinski definition) is 0. The molecule has 6 heteroatoms. The minimum Gasteiger partial charge on any atom is -0.456 e. The molecule has 0 unspecified atom stereocenters. The first-order chi connectivity index (χ1) is 10.2. The number of pyridine rings is 1. The van der Waals surface area contributed by atoms with Gasteiger partial charge in [-0.15, -0.1) is 0 Å². The molecule has 0 amide bonds. The third-order valence-electron chi connectivity index (χ3n) is 3.01. The number of hydrogen-bond acceptors (Lipinski definition) is 4. The molecular weight excluding hydrogens is 383 g/mol. The van der Waals surface area contributed by atoms with Gasteiger partial charge in [0.15, 0.2) is 0 Å². The highest BCUT2D eigenvalue weighted by atomic mass is 127. The van der Waals surface area contributed by atoms with Gasteiger partial charge in [-0.05, 0) is 46.9 Å².